The highest BCUT2D eigenvalue weighted by Gasteiger charge is 2.68. The average molecular weight is 307 g/mol. The maximum absolute atomic E-state index is 11.9. The van der Waals surface area contributed by atoms with Gasteiger partial charge in [-0.3, -0.25) is 19.4 Å². The number of hydrogen-bond donors (Lipinski definition) is 0. The molecule has 4 rings (SSSR count). The zero-order valence-electron chi connectivity index (χ0n) is 11.3. The summed E-state index contributed by atoms with van der Waals surface area (Å²) in [4.78, 5) is 11.5. The molecular weight excluding hydrogens is 298 g/mol. The van der Waals surface area contributed by atoms with E-state index in [4.69, 9.17) is 0 Å². The fraction of sp³-hybridized carbons (Fsp3) is 0.455. The summed E-state index contributed by atoms with van der Waals surface area (Å²) in [5, 5.41) is 42.7. The topological polar surface area (TPSA) is 149 Å². The zero-order valence-corrected chi connectivity index (χ0v) is 11.3. The molecule has 114 valence electrons. The lowest BCUT2D eigenvalue weighted by atomic mass is 9.66. The van der Waals surface area contributed by atoms with Crippen LogP contribution in [0.3, 0.4) is 0 Å². The number of nitrogens with zero attached hydrogens (tertiary/aromatic N) is 5. The van der Waals surface area contributed by atoms with Crippen molar-refractivity contribution in [3.63, 3.8) is 0 Å². The molecule has 0 saturated heterocycles. The second kappa shape index (κ2) is 3.81. The van der Waals surface area contributed by atoms with Crippen molar-refractivity contribution in [2.24, 2.45) is 0 Å². The van der Waals surface area contributed by atoms with Crippen molar-refractivity contribution in [3.8, 4) is 11.4 Å². The third kappa shape index (κ3) is 1.25. The molecule has 0 aliphatic heterocycles. The van der Waals surface area contributed by atoms with E-state index in [1.807, 2.05) is 6.92 Å². The predicted octanol–water partition coefficient (Wildman–Crippen LogP) is -0.0943. The SMILES string of the molecule is CC1=CC[C@]2([N+](=O)[O-])c3no[n+]([O-])c3-c3no[n+]([O-])c3[C@@H]2C1. The average Bonchev–Trinajstić information content (AvgIpc) is 3.03. The molecule has 0 aromatic carbocycles. The van der Waals surface area contributed by atoms with Crippen LogP contribution in [0.4, 0.5) is 0 Å². The van der Waals surface area contributed by atoms with Crippen LogP contribution in [0.2, 0.25) is 0 Å². The molecule has 0 N–H and O–H groups in total. The van der Waals surface area contributed by atoms with Gasteiger partial charge in [-0.05, 0) is 23.2 Å². The van der Waals surface area contributed by atoms with Crippen LogP contribution in [0.25, 0.3) is 11.4 Å². The van der Waals surface area contributed by atoms with Crippen LogP contribution in [0, 0.1) is 20.5 Å². The fourth-order valence-electron chi connectivity index (χ4n) is 3.36. The van der Waals surface area contributed by atoms with Gasteiger partial charge in [0.05, 0.1) is 5.16 Å². The van der Waals surface area contributed by atoms with Gasteiger partial charge in [0, 0.05) is 16.5 Å². The molecule has 0 amide bonds. The van der Waals surface area contributed by atoms with Crippen LogP contribution in [-0.4, -0.2) is 15.2 Å². The van der Waals surface area contributed by atoms with Gasteiger partial charge in [-0.2, -0.15) is 0 Å². The van der Waals surface area contributed by atoms with Gasteiger partial charge in [0.25, 0.3) is 11.4 Å². The summed E-state index contributed by atoms with van der Waals surface area (Å²) >= 11 is 0. The highest BCUT2D eigenvalue weighted by molar-refractivity contribution is 5.62. The molecule has 22 heavy (non-hydrogen) atoms. The predicted molar refractivity (Wildman–Crippen MR) is 64.3 cm³/mol. The normalized spacial score (nSPS) is 25.9. The number of fused-ring (bicyclic) bond motifs is 6. The van der Waals surface area contributed by atoms with Crippen LogP contribution >= 0.6 is 0 Å². The van der Waals surface area contributed by atoms with Gasteiger partial charge in [0.1, 0.15) is 5.92 Å². The molecule has 0 fully saturated rings. The third-order valence-corrected chi connectivity index (χ3v) is 4.41. The molecule has 0 saturated carbocycles. The molecule has 2 heterocycles. The summed E-state index contributed by atoms with van der Waals surface area (Å²) in [6, 6.07) is 0. The second-order valence-corrected chi connectivity index (χ2v) is 5.48. The van der Waals surface area contributed by atoms with Crippen molar-refractivity contribution < 1.29 is 24.0 Å². The molecule has 2 aliphatic carbocycles. The second-order valence-electron chi connectivity index (χ2n) is 5.48. The minimum atomic E-state index is -1.74. The highest BCUT2D eigenvalue weighted by atomic mass is 16.8. The van der Waals surface area contributed by atoms with Crippen LogP contribution in [0.15, 0.2) is 20.9 Å². The molecule has 0 spiro atoms. The Labute approximate surface area is 121 Å². The van der Waals surface area contributed by atoms with Crippen LogP contribution in [0.1, 0.15) is 37.1 Å². The van der Waals surface area contributed by atoms with E-state index in [-0.39, 0.29) is 45.4 Å². The van der Waals surface area contributed by atoms with E-state index >= 15 is 0 Å². The van der Waals surface area contributed by atoms with Crippen LogP contribution < -0.4 is 9.81 Å². The quantitative estimate of drug-likeness (QED) is 0.307. The van der Waals surface area contributed by atoms with Gasteiger partial charge in [-0.25, -0.2) is 0 Å². The number of aromatic nitrogens is 4. The van der Waals surface area contributed by atoms with Crippen molar-refractivity contribution in [2.45, 2.75) is 31.2 Å². The van der Waals surface area contributed by atoms with Crippen LogP contribution in [-0.2, 0) is 5.54 Å². The monoisotopic (exact) mass is 307 g/mol. The number of allylic oxidation sites excluding steroid dienone is 1. The van der Waals surface area contributed by atoms with Gasteiger partial charge in [-0.1, -0.05) is 11.6 Å². The lowest BCUT2D eigenvalue weighted by Gasteiger charge is -2.32. The Morgan fingerprint density at radius 1 is 1.36 bits per heavy atom. The minimum absolute atomic E-state index is 0.000648. The van der Waals surface area contributed by atoms with Crippen molar-refractivity contribution in [2.75, 3.05) is 0 Å². The van der Waals surface area contributed by atoms with E-state index in [1.165, 1.54) is 0 Å². The standard InChI is InChI=1S/C11H9N5O6/c1-5-2-3-11(16(19)20)6(4-5)8-7(12-21-14(8)17)9-10(11)13-22-15(9)18/h2,6H,3-4H2,1H3/t6-,11+/m0/s1. The summed E-state index contributed by atoms with van der Waals surface area (Å²) in [6.07, 6.45) is 1.98. The first-order valence-electron chi connectivity index (χ1n) is 6.47. The highest BCUT2D eigenvalue weighted by Crippen LogP contribution is 2.54. The molecule has 2 atom stereocenters. The van der Waals surface area contributed by atoms with E-state index < -0.39 is 16.4 Å². The Bertz CT molecular complexity index is 838. The van der Waals surface area contributed by atoms with Gasteiger partial charge in [-0.15, -0.1) is 0 Å². The molecule has 11 nitrogen and oxygen atoms in total. The molecule has 0 unspecified atom stereocenters. The Hall–Kier alpha value is -2.98. The van der Waals surface area contributed by atoms with Crippen molar-refractivity contribution in [3.05, 3.63) is 43.6 Å². The van der Waals surface area contributed by atoms with Crippen molar-refractivity contribution >= 4 is 0 Å². The molecule has 0 bridgehead atoms. The zero-order chi connectivity index (χ0) is 15.6. The fourth-order valence-corrected chi connectivity index (χ4v) is 3.36. The lowest BCUT2D eigenvalue weighted by Crippen LogP contribution is -2.50. The molecular formula is C11H9N5O6. The first-order chi connectivity index (χ1) is 10.5. The molecule has 0 radical (unpaired) electrons. The molecule has 11 heteroatoms. The van der Waals surface area contributed by atoms with Gasteiger partial charge >= 0.3 is 11.2 Å². The Morgan fingerprint density at radius 2 is 2.09 bits per heavy atom. The maximum atomic E-state index is 11.9. The molecule has 2 aromatic rings. The first-order valence-corrected chi connectivity index (χ1v) is 6.47. The number of rotatable bonds is 1. The Kier molecular flexibility index (Phi) is 2.21. The summed E-state index contributed by atoms with van der Waals surface area (Å²) < 4.78 is 9.08. The van der Waals surface area contributed by atoms with Crippen molar-refractivity contribution in [1.82, 2.24) is 10.3 Å². The lowest BCUT2D eigenvalue weighted by molar-refractivity contribution is -0.811. The van der Waals surface area contributed by atoms with Gasteiger partial charge in [0.2, 0.25) is 5.69 Å². The first kappa shape index (κ1) is 12.7. The van der Waals surface area contributed by atoms with E-state index in [1.54, 1.807) is 6.08 Å². The van der Waals surface area contributed by atoms with E-state index in [0.717, 1.165) is 5.57 Å². The summed E-state index contributed by atoms with van der Waals surface area (Å²) in [5.41, 5.74) is -1.30. The van der Waals surface area contributed by atoms with Gasteiger partial charge in [0.15, 0.2) is 0 Å². The minimum Gasteiger partial charge on any atom is -0.359 e. The van der Waals surface area contributed by atoms with E-state index in [9.17, 15) is 20.5 Å². The smallest absolute Gasteiger partial charge is 0.307 e. The van der Waals surface area contributed by atoms with Crippen LogP contribution in [0.5, 0.6) is 0 Å². The van der Waals surface area contributed by atoms with Crippen molar-refractivity contribution in [1.29, 1.82) is 0 Å². The Morgan fingerprint density at radius 3 is 2.82 bits per heavy atom. The number of hydrogen-bond acceptors (Lipinski definition) is 8. The Balaban J connectivity index is 2.12. The van der Waals surface area contributed by atoms with E-state index in [2.05, 4.69) is 19.6 Å². The summed E-state index contributed by atoms with van der Waals surface area (Å²) in [6.45, 7) is 1.82. The van der Waals surface area contributed by atoms with E-state index in [0.29, 0.717) is 0 Å². The summed E-state index contributed by atoms with van der Waals surface area (Å²) in [7, 11) is 0. The third-order valence-electron chi connectivity index (χ3n) is 4.41. The molecule has 2 aromatic heterocycles. The largest absolute Gasteiger partial charge is 0.359 e. The molecule has 2 aliphatic rings. The van der Waals surface area contributed by atoms with Gasteiger partial charge < -0.3 is 10.4 Å². The summed E-state index contributed by atoms with van der Waals surface area (Å²) in [5.74, 6) is -0.830. The number of nitro groups is 1. The maximum Gasteiger partial charge on any atom is 0.307 e.